The SMILES string of the molecule is O=C(Nc1ccc(Oc2ccnc3cc(-c4cn(CCN5CCNCC5)cn4)sc23)c(F)c1)NC1CC1. The molecule has 37 heavy (non-hydrogen) atoms. The third kappa shape index (κ3) is 5.74. The first-order valence-electron chi connectivity index (χ1n) is 12.5. The van der Waals surface area contributed by atoms with Gasteiger partial charge in [-0.2, -0.15) is 0 Å². The van der Waals surface area contributed by atoms with E-state index in [1.807, 2.05) is 12.4 Å². The lowest BCUT2D eigenvalue weighted by Crippen LogP contribution is -2.44. The van der Waals surface area contributed by atoms with Gasteiger partial charge in [0.15, 0.2) is 11.6 Å². The quantitative estimate of drug-likeness (QED) is 0.320. The molecule has 1 aliphatic heterocycles. The summed E-state index contributed by atoms with van der Waals surface area (Å²) in [5, 5.41) is 8.85. The van der Waals surface area contributed by atoms with Crippen molar-refractivity contribution in [3.63, 3.8) is 0 Å². The number of carbonyl (C=O) groups is 1. The van der Waals surface area contributed by atoms with Crippen molar-refractivity contribution in [2.45, 2.75) is 25.4 Å². The summed E-state index contributed by atoms with van der Waals surface area (Å²) in [6.45, 7) is 6.10. The van der Waals surface area contributed by atoms with E-state index in [1.165, 1.54) is 23.5 Å². The number of nitrogens with zero attached hydrogens (tertiary/aromatic N) is 4. The molecular weight excluding hydrogens is 493 g/mol. The average Bonchev–Trinajstić information content (AvgIpc) is 3.39. The van der Waals surface area contributed by atoms with Crippen LogP contribution in [0.4, 0.5) is 14.9 Å². The van der Waals surface area contributed by atoms with E-state index in [4.69, 9.17) is 4.74 Å². The second-order valence-electron chi connectivity index (χ2n) is 9.34. The van der Waals surface area contributed by atoms with E-state index in [9.17, 15) is 9.18 Å². The maximum atomic E-state index is 14.8. The van der Waals surface area contributed by atoms with Crippen LogP contribution in [0.15, 0.2) is 49.1 Å². The zero-order valence-corrected chi connectivity index (χ0v) is 21.1. The van der Waals surface area contributed by atoms with E-state index in [0.717, 1.165) is 72.9 Å². The number of pyridine rings is 1. The minimum absolute atomic E-state index is 0.0767. The number of halogens is 1. The Labute approximate surface area is 217 Å². The highest BCUT2D eigenvalue weighted by molar-refractivity contribution is 7.22. The molecule has 1 aliphatic carbocycles. The van der Waals surface area contributed by atoms with Crippen LogP contribution >= 0.6 is 11.3 Å². The van der Waals surface area contributed by atoms with Crippen molar-refractivity contribution in [1.29, 1.82) is 0 Å². The Morgan fingerprint density at radius 2 is 2.00 bits per heavy atom. The summed E-state index contributed by atoms with van der Waals surface area (Å²) in [6.07, 6.45) is 7.54. The summed E-state index contributed by atoms with van der Waals surface area (Å²) in [5.41, 5.74) is 2.01. The second kappa shape index (κ2) is 10.4. The maximum Gasteiger partial charge on any atom is 0.319 e. The van der Waals surface area contributed by atoms with Gasteiger partial charge in [-0.3, -0.25) is 9.88 Å². The number of carbonyl (C=O) groups excluding carboxylic acids is 1. The van der Waals surface area contributed by atoms with Crippen LogP contribution in [0.3, 0.4) is 0 Å². The van der Waals surface area contributed by atoms with Gasteiger partial charge in [0.1, 0.15) is 5.75 Å². The molecule has 1 saturated heterocycles. The first-order chi connectivity index (χ1) is 18.1. The lowest BCUT2D eigenvalue weighted by molar-refractivity contribution is 0.232. The smallest absolute Gasteiger partial charge is 0.319 e. The van der Waals surface area contributed by atoms with E-state index in [1.54, 1.807) is 18.3 Å². The van der Waals surface area contributed by atoms with Gasteiger partial charge in [-0.25, -0.2) is 14.2 Å². The van der Waals surface area contributed by atoms with Crippen LogP contribution in [-0.4, -0.2) is 64.2 Å². The van der Waals surface area contributed by atoms with Crippen molar-refractivity contribution in [2.75, 3.05) is 38.0 Å². The fraction of sp³-hybridized carbons (Fsp3) is 0.346. The van der Waals surface area contributed by atoms with Crippen molar-refractivity contribution in [3.8, 4) is 22.1 Å². The Hall–Kier alpha value is -3.54. The van der Waals surface area contributed by atoms with Crippen LogP contribution in [-0.2, 0) is 6.54 Å². The molecule has 192 valence electrons. The molecule has 9 nitrogen and oxygen atoms in total. The number of rotatable bonds is 8. The lowest BCUT2D eigenvalue weighted by Gasteiger charge is -2.27. The molecule has 3 aromatic heterocycles. The summed E-state index contributed by atoms with van der Waals surface area (Å²) < 4.78 is 23.7. The van der Waals surface area contributed by atoms with Gasteiger partial charge in [-0.15, -0.1) is 11.3 Å². The molecule has 2 aliphatic rings. The van der Waals surface area contributed by atoms with Crippen LogP contribution in [0.1, 0.15) is 12.8 Å². The molecule has 4 heterocycles. The normalized spacial score (nSPS) is 16.1. The zero-order valence-electron chi connectivity index (χ0n) is 20.2. The summed E-state index contributed by atoms with van der Waals surface area (Å²) in [6, 6.07) is 8.00. The molecular formula is C26H28FN7O2S. The van der Waals surface area contributed by atoms with Gasteiger partial charge in [-0.1, -0.05) is 0 Å². The first kappa shape index (κ1) is 23.8. The molecule has 0 unspecified atom stereocenters. The minimum Gasteiger partial charge on any atom is -0.453 e. The highest BCUT2D eigenvalue weighted by atomic mass is 32.1. The average molecular weight is 522 g/mol. The highest BCUT2D eigenvalue weighted by Crippen LogP contribution is 2.39. The van der Waals surface area contributed by atoms with Crippen LogP contribution in [0.5, 0.6) is 11.5 Å². The summed E-state index contributed by atoms with van der Waals surface area (Å²) in [5.74, 6) is 0.0347. The molecule has 0 spiro atoms. The van der Waals surface area contributed by atoms with E-state index in [0.29, 0.717) is 11.4 Å². The molecule has 3 N–H and O–H groups in total. The molecule has 1 aromatic carbocycles. The van der Waals surface area contributed by atoms with Crippen LogP contribution < -0.4 is 20.7 Å². The van der Waals surface area contributed by atoms with Gasteiger partial charge in [0, 0.05) is 75.5 Å². The van der Waals surface area contributed by atoms with E-state index < -0.39 is 5.82 Å². The Morgan fingerprint density at radius 3 is 2.81 bits per heavy atom. The maximum absolute atomic E-state index is 14.8. The summed E-state index contributed by atoms with van der Waals surface area (Å²) in [4.78, 5) is 24.4. The van der Waals surface area contributed by atoms with Crippen LogP contribution in [0.25, 0.3) is 20.8 Å². The largest absolute Gasteiger partial charge is 0.453 e. The predicted octanol–water partition coefficient (Wildman–Crippen LogP) is 4.28. The summed E-state index contributed by atoms with van der Waals surface area (Å²) in [7, 11) is 0. The van der Waals surface area contributed by atoms with Gasteiger partial charge >= 0.3 is 6.03 Å². The molecule has 11 heteroatoms. The fourth-order valence-corrected chi connectivity index (χ4v) is 5.31. The molecule has 0 radical (unpaired) electrons. The number of fused-ring (bicyclic) bond motifs is 1. The van der Waals surface area contributed by atoms with Gasteiger partial charge < -0.3 is 25.3 Å². The van der Waals surface area contributed by atoms with E-state index >= 15 is 0 Å². The van der Waals surface area contributed by atoms with Crippen molar-refractivity contribution >= 4 is 33.3 Å². The molecule has 4 aromatic rings. The number of imidazole rings is 1. The third-order valence-corrected chi connectivity index (χ3v) is 7.63. The monoisotopic (exact) mass is 521 g/mol. The second-order valence-corrected chi connectivity index (χ2v) is 10.4. The number of anilines is 1. The van der Waals surface area contributed by atoms with Crippen LogP contribution in [0, 0.1) is 5.82 Å². The standard InChI is InChI=1S/C26H28FN7O2S/c27-19-13-18(32-26(35)31-17-1-2-17)3-4-22(19)36-23-5-6-29-20-14-24(37-25(20)23)21-15-34(16-30-21)12-11-33-9-7-28-8-10-33/h3-6,13-17,28H,1-2,7-12H2,(H2,31,32,35). The Kier molecular flexibility index (Phi) is 6.73. The number of nitrogens with one attached hydrogen (secondary N) is 3. The van der Waals surface area contributed by atoms with Gasteiger partial charge in [-0.05, 0) is 31.0 Å². The van der Waals surface area contributed by atoms with Gasteiger partial charge in [0.05, 0.1) is 27.1 Å². The van der Waals surface area contributed by atoms with Crippen molar-refractivity contribution < 1.29 is 13.9 Å². The zero-order chi connectivity index (χ0) is 25.2. The number of aromatic nitrogens is 3. The topological polar surface area (TPSA) is 96.3 Å². The van der Waals surface area contributed by atoms with Crippen molar-refractivity contribution in [2.24, 2.45) is 0 Å². The molecule has 1 saturated carbocycles. The molecule has 0 atom stereocenters. The number of hydrogen-bond donors (Lipinski definition) is 3. The Bertz CT molecular complexity index is 1410. The minimum atomic E-state index is -0.561. The predicted molar refractivity (Wildman–Crippen MR) is 142 cm³/mol. The number of urea groups is 1. The number of ether oxygens (including phenoxy) is 1. The fourth-order valence-electron chi connectivity index (χ4n) is 4.28. The molecule has 2 amide bonds. The van der Waals surface area contributed by atoms with Gasteiger partial charge in [0.25, 0.3) is 0 Å². The first-order valence-corrected chi connectivity index (χ1v) is 13.3. The number of thiophene rings is 1. The molecule has 2 fully saturated rings. The van der Waals surface area contributed by atoms with E-state index in [-0.39, 0.29) is 17.8 Å². The number of benzene rings is 1. The molecule has 0 bridgehead atoms. The van der Waals surface area contributed by atoms with Crippen molar-refractivity contribution in [1.82, 2.24) is 30.1 Å². The molecule has 6 rings (SSSR count). The van der Waals surface area contributed by atoms with E-state index in [2.05, 4.69) is 41.6 Å². The highest BCUT2D eigenvalue weighted by Gasteiger charge is 2.23. The Balaban J connectivity index is 1.15. The Morgan fingerprint density at radius 1 is 1.14 bits per heavy atom. The number of hydrogen-bond acceptors (Lipinski definition) is 7. The summed E-state index contributed by atoms with van der Waals surface area (Å²) >= 11 is 1.51. The number of piperazine rings is 1. The van der Waals surface area contributed by atoms with Gasteiger partial charge in [0.2, 0.25) is 0 Å². The number of amides is 2. The lowest BCUT2D eigenvalue weighted by atomic mass is 10.3. The van der Waals surface area contributed by atoms with Crippen LogP contribution in [0.2, 0.25) is 0 Å². The van der Waals surface area contributed by atoms with Crippen molar-refractivity contribution in [3.05, 3.63) is 54.9 Å². The third-order valence-electron chi connectivity index (χ3n) is 6.47.